The first-order valence-corrected chi connectivity index (χ1v) is 6.69. The number of carbonyl (C=O) groups excluding carboxylic acids is 2. The number of carboxylic acids is 2. The Morgan fingerprint density at radius 2 is 0.926 bits per heavy atom. The Balaban J connectivity index is 0.000000483. The molecule has 0 saturated heterocycles. The topological polar surface area (TPSA) is 80.3 Å². The molecular weight excluding hydrogens is 410 g/mol. The number of carboxylic acid groups (broad SMARTS) is 2. The molecule has 0 unspecified atom stereocenters. The van der Waals surface area contributed by atoms with E-state index in [1.165, 1.54) is 0 Å². The summed E-state index contributed by atoms with van der Waals surface area (Å²) in [5.41, 5.74) is -0.863. The first kappa shape index (κ1) is 25.2. The molecule has 0 aliphatic rings. The largest absolute Gasteiger partial charge is 2.00 e. The molecule has 0 aromatic heterocycles. The fourth-order valence-corrected chi connectivity index (χ4v) is 1.72. The summed E-state index contributed by atoms with van der Waals surface area (Å²) in [6.07, 6.45) is -1.55. The predicted molar refractivity (Wildman–Crippen MR) is 75.8 cm³/mol. The molecular formula is C16H8CaF6O4. The molecule has 0 fully saturated rings. The summed E-state index contributed by atoms with van der Waals surface area (Å²) in [7, 11) is 0. The summed E-state index contributed by atoms with van der Waals surface area (Å²) in [5, 5.41) is 20.0. The standard InChI is InChI=1S/2C8H5F3O2.Ca/c2*9-5-2-1-4(3-6(12)13)7(10)8(5)11;/h2*1-2H,3H2,(H,12,13);/q;;+2/p-2. The summed E-state index contributed by atoms with van der Waals surface area (Å²) in [4.78, 5) is 20.0. The molecule has 0 N–H and O–H groups in total. The Bertz CT molecular complexity index is 775. The first-order chi connectivity index (χ1) is 12.0. The van der Waals surface area contributed by atoms with Crippen LogP contribution in [0.4, 0.5) is 26.3 Å². The predicted octanol–water partition coefficient (Wildman–Crippen LogP) is 0.412. The molecule has 0 radical (unpaired) electrons. The Labute approximate surface area is 178 Å². The maximum absolute atomic E-state index is 12.7. The van der Waals surface area contributed by atoms with Crippen LogP contribution in [0.1, 0.15) is 11.1 Å². The van der Waals surface area contributed by atoms with E-state index in [9.17, 15) is 46.1 Å². The summed E-state index contributed by atoms with van der Waals surface area (Å²) in [6, 6.07) is 3.06. The van der Waals surface area contributed by atoms with Gasteiger partial charge in [0, 0.05) is 24.8 Å². The molecule has 0 saturated carbocycles. The molecule has 0 aliphatic carbocycles. The Hall–Kier alpha value is -1.78. The van der Waals surface area contributed by atoms with E-state index < -0.39 is 70.8 Å². The van der Waals surface area contributed by atoms with Crippen LogP contribution in [0.25, 0.3) is 0 Å². The van der Waals surface area contributed by atoms with Crippen LogP contribution in [-0.2, 0) is 22.4 Å². The molecule has 140 valence electrons. The van der Waals surface area contributed by atoms with Crippen LogP contribution in [0.3, 0.4) is 0 Å². The van der Waals surface area contributed by atoms with Crippen molar-refractivity contribution in [2.75, 3.05) is 0 Å². The number of rotatable bonds is 4. The van der Waals surface area contributed by atoms with E-state index in [0.717, 1.165) is 12.1 Å². The van der Waals surface area contributed by atoms with E-state index in [2.05, 4.69) is 0 Å². The average Bonchev–Trinajstić information content (AvgIpc) is 2.56. The molecule has 0 aliphatic heterocycles. The van der Waals surface area contributed by atoms with Crippen molar-refractivity contribution in [3.63, 3.8) is 0 Å². The van der Waals surface area contributed by atoms with Gasteiger partial charge in [-0.05, 0) is 23.3 Å². The van der Waals surface area contributed by atoms with Gasteiger partial charge in [0.15, 0.2) is 34.9 Å². The van der Waals surface area contributed by atoms with Crippen LogP contribution in [-0.4, -0.2) is 49.7 Å². The van der Waals surface area contributed by atoms with Crippen molar-refractivity contribution in [2.24, 2.45) is 0 Å². The number of carbonyl (C=O) groups is 2. The van der Waals surface area contributed by atoms with Crippen LogP contribution in [0.5, 0.6) is 0 Å². The van der Waals surface area contributed by atoms with Crippen molar-refractivity contribution in [1.82, 2.24) is 0 Å². The summed E-state index contributed by atoms with van der Waals surface area (Å²) in [6.45, 7) is 0. The van der Waals surface area contributed by atoms with Gasteiger partial charge in [0.2, 0.25) is 0 Å². The quantitative estimate of drug-likeness (QED) is 0.409. The number of hydrogen-bond donors (Lipinski definition) is 0. The number of hydrogen-bond acceptors (Lipinski definition) is 4. The molecule has 27 heavy (non-hydrogen) atoms. The normalized spacial score (nSPS) is 9.70. The fraction of sp³-hybridized carbons (Fsp3) is 0.125. The van der Waals surface area contributed by atoms with Gasteiger partial charge in [-0.3, -0.25) is 0 Å². The number of aliphatic carboxylic acids is 2. The van der Waals surface area contributed by atoms with Gasteiger partial charge in [0.25, 0.3) is 0 Å². The van der Waals surface area contributed by atoms with Gasteiger partial charge < -0.3 is 19.8 Å². The molecule has 0 atom stereocenters. The van der Waals surface area contributed by atoms with E-state index in [-0.39, 0.29) is 37.7 Å². The smallest absolute Gasteiger partial charge is 0.550 e. The van der Waals surface area contributed by atoms with Gasteiger partial charge in [-0.1, -0.05) is 12.1 Å². The Morgan fingerprint density at radius 1 is 0.630 bits per heavy atom. The molecule has 11 heteroatoms. The third-order valence-corrected chi connectivity index (χ3v) is 2.90. The summed E-state index contributed by atoms with van der Waals surface area (Å²) < 4.78 is 75.0. The monoisotopic (exact) mass is 418 g/mol. The zero-order chi connectivity index (χ0) is 20.0. The Morgan fingerprint density at radius 3 is 1.19 bits per heavy atom. The van der Waals surface area contributed by atoms with E-state index in [1.807, 2.05) is 0 Å². The molecule has 0 amide bonds. The first-order valence-electron chi connectivity index (χ1n) is 6.69. The Kier molecular flexibility index (Phi) is 10.4. The molecule has 2 rings (SSSR count). The minimum Gasteiger partial charge on any atom is -0.550 e. The summed E-state index contributed by atoms with van der Waals surface area (Å²) in [5.74, 6) is -12.1. The SMILES string of the molecule is O=C([O-])Cc1ccc(F)c(F)c1F.O=C([O-])Cc1ccc(F)c(F)c1F.[Ca+2]. The molecule has 0 heterocycles. The van der Waals surface area contributed by atoms with Gasteiger partial charge >= 0.3 is 37.7 Å². The second kappa shape index (κ2) is 11.2. The van der Waals surface area contributed by atoms with Crippen LogP contribution in [0.2, 0.25) is 0 Å². The molecule has 2 aromatic rings. The van der Waals surface area contributed by atoms with E-state index in [1.54, 1.807) is 0 Å². The van der Waals surface area contributed by atoms with Crippen molar-refractivity contribution in [1.29, 1.82) is 0 Å². The van der Waals surface area contributed by atoms with Gasteiger partial charge in [0.1, 0.15) is 0 Å². The second-order valence-electron chi connectivity index (χ2n) is 4.77. The minimum atomic E-state index is -1.67. The third-order valence-electron chi connectivity index (χ3n) is 2.90. The third kappa shape index (κ3) is 7.39. The molecule has 4 nitrogen and oxygen atoms in total. The van der Waals surface area contributed by atoms with Crippen molar-refractivity contribution < 1.29 is 46.1 Å². The van der Waals surface area contributed by atoms with Crippen molar-refractivity contribution in [3.05, 3.63) is 70.3 Å². The van der Waals surface area contributed by atoms with E-state index in [0.29, 0.717) is 12.1 Å². The van der Waals surface area contributed by atoms with Crippen LogP contribution in [0.15, 0.2) is 24.3 Å². The minimum absolute atomic E-state index is 0. The van der Waals surface area contributed by atoms with Gasteiger partial charge in [0.05, 0.1) is 0 Å². The van der Waals surface area contributed by atoms with E-state index >= 15 is 0 Å². The molecule has 0 bridgehead atoms. The maximum Gasteiger partial charge on any atom is 2.00 e. The van der Waals surface area contributed by atoms with Gasteiger partial charge in [-0.2, -0.15) is 0 Å². The average molecular weight is 418 g/mol. The number of benzene rings is 2. The zero-order valence-electron chi connectivity index (χ0n) is 13.3. The van der Waals surface area contributed by atoms with Crippen molar-refractivity contribution >= 4 is 49.7 Å². The van der Waals surface area contributed by atoms with Crippen molar-refractivity contribution in [3.8, 4) is 0 Å². The zero-order valence-corrected chi connectivity index (χ0v) is 15.5. The van der Waals surface area contributed by atoms with E-state index in [4.69, 9.17) is 0 Å². The maximum atomic E-state index is 12.7. The van der Waals surface area contributed by atoms with Gasteiger partial charge in [-0.25, -0.2) is 26.3 Å². The second-order valence-corrected chi connectivity index (χ2v) is 4.77. The molecule has 2 aromatic carbocycles. The summed E-state index contributed by atoms with van der Waals surface area (Å²) >= 11 is 0. The van der Waals surface area contributed by atoms with Gasteiger partial charge in [-0.15, -0.1) is 0 Å². The fourth-order valence-electron chi connectivity index (χ4n) is 1.72. The number of halogens is 6. The van der Waals surface area contributed by atoms with Crippen molar-refractivity contribution in [2.45, 2.75) is 12.8 Å². The van der Waals surface area contributed by atoms with Crippen LogP contribution >= 0.6 is 0 Å². The molecule has 0 spiro atoms. The van der Waals surface area contributed by atoms with Crippen LogP contribution in [0, 0.1) is 34.9 Å². The van der Waals surface area contributed by atoms with Crippen LogP contribution < -0.4 is 10.2 Å².